The maximum atomic E-state index is 10.7. The molecule has 0 saturated carbocycles. The van der Waals surface area contributed by atoms with Crippen LogP contribution in [-0.4, -0.2) is 22.7 Å². The van der Waals surface area contributed by atoms with Gasteiger partial charge >= 0.3 is 0 Å². The molecule has 0 aliphatic carbocycles. The fourth-order valence-corrected chi connectivity index (χ4v) is 1.63. The van der Waals surface area contributed by atoms with Crippen molar-refractivity contribution in [1.82, 2.24) is 0 Å². The molecule has 0 aliphatic rings. The number of benzene rings is 1. The second-order valence-corrected chi connectivity index (χ2v) is 4.02. The Labute approximate surface area is 101 Å². The Morgan fingerprint density at radius 2 is 2.24 bits per heavy atom. The number of aliphatic hydroxyl groups excluding tert-OH is 1. The van der Waals surface area contributed by atoms with Gasteiger partial charge in [-0.05, 0) is 25.3 Å². The molecule has 0 radical (unpaired) electrons. The number of non-ortho nitro benzene ring substituents is 1. The molecule has 1 aromatic rings. The van der Waals surface area contributed by atoms with Crippen molar-refractivity contribution >= 4 is 11.4 Å². The van der Waals surface area contributed by atoms with Gasteiger partial charge in [-0.1, -0.05) is 13.0 Å². The molecule has 0 aliphatic heterocycles. The topological polar surface area (TPSA) is 75.4 Å². The van der Waals surface area contributed by atoms with E-state index in [9.17, 15) is 10.1 Å². The number of nitro groups is 1. The van der Waals surface area contributed by atoms with Crippen LogP contribution in [0, 0.1) is 17.0 Å². The summed E-state index contributed by atoms with van der Waals surface area (Å²) in [6, 6.07) is 4.90. The van der Waals surface area contributed by atoms with Gasteiger partial charge in [0.25, 0.3) is 5.69 Å². The van der Waals surface area contributed by atoms with Crippen molar-refractivity contribution < 1.29 is 10.0 Å². The van der Waals surface area contributed by atoms with E-state index < -0.39 is 4.92 Å². The number of rotatable bonds is 6. The number of nitro benzene ring substituents is 1. The Bertz CT molecular complexity index is 393. The fraction of sp³-hybridized carbons (Fsp3) is 0.500. The second-order valence-electron chi connectivity index (χ2n) is 4.02. The first kappa shape index (κ1) is 13.4. The third-order valence-corrected chi connectivity index (χ3v) is 2.76. The van der Waals surface area contributed by atoms with E-state index in [1.807, 2.05) is 13.8 Å². The summed E-state index contributed by atoms with van der Waals surface area (Å²) in [4.78, 5) is 10.3. The van der Waals surface area contributed by atoms with Crippen molar-refractivity contribution in [3.63, 3.8) is 0 Å². The lowest BCUT2D eigenvalue weighted by Crippen LogP contribution is -2.20. The van der Waals surface area contributed by atoms with E-state index in [-0.39, 0.29) is 18.3 Å². The van der Waals surface area contributed by atoms with Gasteiger partial charge in [0, 0.05) is 30.5 Å². The van der Waals surface area contributed by atoms with Gasteiger partial charge in [0.15, 0.2) is 0 Å². The van der Waals surface area contributed by atoms with Crippen LogP contribution in [0.3, 0.4) is 0 Å². The molecule has 0 heterocycles. The molecular formula is C12H18N2O3. The molecule has 1 unspecified atom stereocenters. The normalized spacial score (nSPS) is 12.2. The van der Waals surface area contributed by atoms with E-state index in [1.165, 1.54) is 12.1 Å². The maximum Gasteiger partial charge on any atom is 0.271 e. The van der Waals surface area contributed by atoms with Gasteiger partial charge in [0.2, 0.25) is 0 Å². The summed E-state index contributed by atoms with van der Waals surface area (Å²) in [5, 5.41) is 22.8. The zero-order chi connectivity index (χ0) is 12.8. The standard InChI is InChI=1S/C12H18N2O3/c1-3-10(6-7-15)13-12-8-11(14(16)17)5-4-9(12)2/h4-5,8,10,13,15H,3,6-7H2,1-2H3. The number of anilines is 1. The summed E-state index contributed by atoms with van der Waals surface area (Å²) < 4.78 is 0. The Kier molecular flexibility index (Phi) is 4.90. The monoisotopic (exact) mass is 238 g/mol. The minimum absolute atomic E-state index is 0.0805. The van der Waals surface area contributed by atoms with Crippen LogP contribution in [0.5, 0.6) is 0 Å². The largest absolute Gasteiger partial charge is 0.396 e. The van der Waals surface area contributed by atoms with Gasteiger partial charge in [-0.15, -0.1) is 0 Å². The molecule has 1 rings (SSSR count). The molecule has 1 atom stereocenters. The minimum Gasteiger partial charge on any atom is -0.396 e. The van der Waals surface area contributed by atoms with Crippen LogP contribution in [0.2, 0.25) is 0 Å². The first-order valence-corrected chi connectivity index (χ1v) is 5.71. The molecule has 0 aromatic heterocycles. The Balaban J connectivity index is 2.88. The van der Waals surface area contributed by atoms with Crippen molar-refractivity contribution in [3.8, 4) is 0 Å². The van der Waals surface area contributed by atoms with E-state index in [1.54, 1.807) is 6.07 Å². The summed E-state index contributed by atoms with van der Waals surface area (Å²) >= 11 is 0. The lowest BCUT2D eigenvalue weighted by Gasteiger charge is -2.18. The number of nitrogens with zero attached hydrogens (tertiary/aromatic N) is 1. The molecule has 5 nitrogen and oxygen atoms in total. The highest BCUT2D eigenvalue weighted by Crippen LogP contribution is 2.23. The maximum absolute atomic E-state index is 10.7. The summed E-state index contributed by atoms with van der Waals surface area (Å²) in [5.74, 6) is 0. The van der Waals surface area contributed by atoms with E-state index >= 15 is 0 Å². The summed E-state index contributed by atoms with van der Waals surface area (Å²) in [6.45, 7) is 4.03. The number of nitrogens with one attached hydrogen (secondary N) is 1. The average molecular weight is 238 g/mol. The first-order valence-electron chi connectivity index (χ1n) is 5.71. The van der Waals surface area contributed by atoms with E-state index in [0.29, 0.717) is 6.42 Å². The number of aliphatic hydroxyl groups is 1. The van der Waals surface area contributed by atoms with Crippen molar-refractivity contribution in [1.29, 1.82) is 0 Å². The van der Waals surface area contributed by atoms with Crippen molar-refractivity contribution in [2.45, 2.75) is 32.7 Å². The van der Waals surface area contributed by atoms with Crippen LogP contribution in [0.15, 0.2) is 18.2 Å². The smallest absolute Gasteiger partial charge is 0.271 e. The molecule has 0 saturated heterocycles. The van der Waals surface area contributed by atoms with Gasteiger partial charge in [-0.3, -0.25) is 10.1 Å². The number of hydrogen-bond acceptors (Lipinski definition) is 4. The van der Waals surface area contributed by atoms with Gasteiger partial charge in [0.05, 0.1) is 4.92 Å². The van der Waals surface area contributed by atoms with Crippen molar-refractivity contribution in [3.05, 3.63) is 33.9 Å². The van der Waals surface area contributed by atoms with Crippen LogP contribution in [-0.2, 0) is 0 Å². The van der Waals surface area contributed by atoms with Crippen molar-refractivity contribution in [2.75, 3.05) is 11.9 Å². The van der Waals surface area contributed by atoms with Gasteiger partial charge in [-0.25, -0.2) is 0 Å². The third kappa shape index (κ3) is 3.71. The van der Waals surface area contributed by atoms with Gasteiger partial charge < -0.3 is 10.4 Å². The third-order valence-electron chi connectivity index (χ3n) is 2.76. The zero-order valence-electron chi connectivity index (χ0n) is 10.1. The summed E-state index contributed by atoms with van der Waals surface area (Å²) in [7, 11) is 0. The van der Waals surface area contributed by atoms with E-state index in [0.717, 1.165) is 17.7 Å². The van der Waals surface area contributed by atoms with E-state index in [2.05, 4.69) is 5.32 Å². The van der Waals surface area contributed by atoms with Crippen LogP contribution >= 0.6 is 0 Å². The number of aryl methyl sites for hydroxylation is 1. The van der Waals surface area contributed by atoms with Crippen molar-refractivity contribution in [2.24, 2.45) is 0 Å². The molecule has 5 heteroatoms. The van der Waals surface area contributed by atoms with Crippen LogP contribution in [0.4, 0.5) is 11.4 Å². The molecule has 0 spiro atoms. The molecule has 0 amide bonds. The molecule has 94 valence electrons. The fourth-order valence-electron chi connectivity index (χ4n) is 1.63. The molecule has 1 aromatic carbocycles. The highest BCUT2D eigenvalue weighted by atomic mass is 16.6. The first-order chi connectivity index (χ1) is 8.08. The lowest BCUT2D eigenvalue weighted by molar-refractivity contribution is -0.384. The Morgan fingerprint density at radius 1 is 1.53 bits per heavy atom. The highest BCUT2D eigenvalue weighted by molar-refractivity contribution is 5.57. The van der Waals surface area contributed by atoms with Gasteiger partial charge in [0.1, 0.15) is 0 Å². The molecule has 0 bridgehead atoms. The SMILES string of the molecule is CCC(CCO)Nc1cc([N+](=O)[O-])ccc1C. The number of hydrogen-bond donors (Lipinski definition) is 2. The van der Waals surface area contributed by atoms with Gasteiger partial charge in [-0.2, -0.15) is 0 Å². The van der Waals surface area contributed by atoms with Crippen LogP contribution < -0.4 is 5.32 Å². The molecule has 2 N–H and O–H groups in total. The zero-order valence-corrected chi connectivity index (χ0v) is 10.1. The Morgan fingerprint density at radius 3 is 2.76 bits per heavy atom. The Hall–Kier alpha value is -1.62. The predicted molar refractivity (Wildman–Crippen MR) is 67.2 cm³/mol. The van der Waals surface area contributed by atoms with Crippen LogP contribution in [0.1, 0.15) is 25.3 Å². The highest BCUT2D eigenvalue weighted by Gasteiger charge is 2.11. The molecule has 0 fully saturated rings. The lowest BCUT2D eigenvalue weighted by atomic mass is 10.1. The summed E-state index contributed by atoms with van der Waals surface area (Å²) in [5.41, 5.74) is 1.81. The van der Waals surface area contributed by atoms with E-state index in [4.69, 9.17) is 5.11 Å². The van der Waals surface area contributed by atoms with Crippen LogP contribution in [0.25, 0.3) is 0 Å². The summed E-state index contributed by atoms with van der Waals surface area (Å²) in [6.07, 6.45) is 1.50. The molecular weight excluding hydrogens is 220 g/mol. The average Bonchev–Trinajstić information content (AvgIpc) is 2.30. The second kappa shape index (κ2) is 6.20. The molecule has 17 heavy (non-hydrogen) atoms. The quantitative estimate of drug-likeness (QED) is 0.589. The predicted octanol–water partition coefficient (Wildman–Crippen LogP) is 2.48. The minimum atomic E-state index is -0.405.